The van der Waals surface area contributed by atoms with Gasteiger partial charge in [-0.05, 0) is 24.3 Å². The van der Waals surface area contributed by atoms with Crippen molar-refractivity contribution in [2.24, 2.45) is 0 Å². The zero-order chi connectivity index (χ0) is 15.7. The molecule has 3 aromatic heterocycles. The van der Waals surface area contributed by atoms with E-state index in [1.54, 1.807) is 12.1 Å². The van der Waals surface area contributed by atoms with Crippen molar-refractivity contribution < 1.29 is 17.6 Å². The highest BCUT2D eigenvalue weighted by Gasteiger charge is 2.30. The van der Waals surface area contributed by atoms with Gasteiger partial charge >= 0.3 is 6.18 Å². The summed E-state index contributed by atoms with van der Waals surface area (Å²) in [5, 5.41) is 7.87. The summed E-state index contributed by atoms with van der Waals surface area (Å²) >= 11 is 5.67. The minimum atomic E-state index is -4.44. The van der Waals surface area contributed by atoms with Gasteiger partial charge in [0.05, 0.1) is 11.1 Å². The first kappa shape index (κ1) is 14.5. The normalized spacial score (nSPS) is 11.6. The Kier molecular flexibility index (Phi) is 3.53. The molecule has 0 unspecified atom stereocenters. The first-order chi connectivity index (χ1) is 10.4. The largest absolute Gasteiger partial charge is 0.417 e. The van der Waals surface area contributed by atoms with Gasteiger partial charge in [-0.3, -0.25) is 4.98 Å². The van der Waals surface area contributed by atoms with Crippen molar-refractivity contribution in [3.8, 4) is 23.0 Å². The molecule has 0 radical (unpaired) electrons. The average Bonchev–Trinajstić information content (AvgIpc) is 2.97. The molecule has 22 heavy (non-hydrogen) atoms. The van der Waals surface area contributed by atoms with E-state index in [1.165, 1.54) is 12.3 Å². The van der Waals surface area contributed by atoms with Gasteiger partial charge in [0.1, 0.15) is 10.8 Å². The molecule has 9 heteroatoms. The van der Waals surface area contributed by atoms with Crippen molar-refractivity contribution in [1.82, 2.24) is 20.2 Å². The van der Waals surface area contributed by atoms with Crippen LogP contribution in [0.15, 0.2) is 41.1 Å². The molecule has 5 nitrogen and oxygen atoms in total. The van der Waals surface area contributed by atoms with E-state index in [2.05, 4.69) is 20.2 Å². The summed E-state index contributed by atoms with van der Waals surface area (Å²) in [5.74, 6) is 0.180. The van der Waals surface area contributed by atoms with E-state index in [9.17, 15) is 13.2 Å². The minimum absolute atomic E-state index is 0.0127. The Hall–Kier alpha value is -2.48. The van der Waals surface area contributed by atoms with Gasteiger partial charge in [-0.15, -0.1) is 10.2 Å². The number of pyridine rings is 2. The van der Waals surface area contributed by atoms with Crippen molar-refractivity contribution in [3.05, 3.63) is 47.4 Å². The van der Waals surface area contributed by atoms with Gasteiger partial charge < -0.3 is 4.42 Å². The van der Waals surface area contributed by atoms with Crippen LogP contribution in [-0.4, -0.2) is 20.2 Å². The lowest BCUT2D eigenvalue weighted by Gasteiger charge is -2.05. The van der Waals surface area contributed by atoms with Crippen LogP contribution in [0.3, 0.4) is 0 Å². The zero-order valence-electron chi connectivity index (χ0n) is 10.7. The number of rotatable bonds is 2. The Labute approximate surface area is 126 Å². The molecule has 0 amide bonds. The number of nitrogens with zero attached hydrogens (tertiary/aromatic N) is 4. The van der Waals surface area contributed by atoms with Gasteiger partial charge in [0.15, 0.2) is 0 Å². The third-order valence-electron chi connectivity index (χ3n) is 2.71. The number of hydrogen-bond acceptors (Lipinski definition) is 5. The van der Waals surface area contributed by atoms with Gasteiger partial charge in [0.2, 0.25) is 5.89 Å². The highest BCUT2D eigenvalue weighted by atomic mass is 35.5. The Morgan fingerprint density at radius 1 is 0.909 bits per heavy atom. The molecular formula is C13H6ClF3N4O. The molecule has 0 saturated carbocycles. The molecule has 0 N–H and O–H groups in total. The van der Waals surface area contributed by atoms with Crippen molar-refractivity contribution in [1.29, 1.82) is 0 Å². The molecule has 0 aliphatic carbocycles. The third kappa shape index (κ3) is 2.91. The molecular weight excluding hydrogens is 321 g/mol. The van der Waals surface area contributed by atoms with Crippen molar-refractivity contribution in [3.63, 3.8) is 0 Å². The second-order valence-electron chi connectivity index (χ2n) is 4.21. The zero-order valence-corrected chi connectivity index (χ0v) is 11.4. The van der Waals surface area contributed by atoms with Crippen LogP contribution in [0.1, 0.15) is 5.56 Å². The first-order valence-corrected chi connectivity index (χ1v) is 6.30. The average molecular weight is 327 g/mol. The highest BCUT2D eigenvalue weighted by Crippen LogP contribution is 2.30. The Balaban J connectivity index is 1.89. The minimum Gasteiger partial charge on any atom is -0.415 e. The maximum Gasteiger partial charge on any atom is 0.417 e. The lowest BCUT2D eigenvalue weighted by molar-refractivity contribution is -0.137. The van der Waals surface area contributed by atoms with Crippen LogP contribution in [0.25, 0.3) is 23.0 Å². The van der Waals surface area contributed by atoms with Crippen LogP contribution in [-0.2, 0) is 6.18 Å². The fourth-order valence-corrected chi connectivity index (χ4v) is 1.75. The van der Waals surface area contributed by atoms with E-state index in [0.717, 1.165) is 6.07 Å². The van der Waals surface area contributed by atoms with Crippen LogP contribution in [0.4, 0.5) is 13.2 Å². The van der Waals surface area contributed by atoms with Gasteiger partial charge in [0.25, 0.3) is 5.89 Å². The topological polar surface area (TPSA) is 64.7 Å². The molecule has 0 aromatic carbocycles. The van der Waals surface area contributed by atoms with Gasteiger partial charge in [-0.2, -0.15) is 13.2 Å². The maximum atomic E-state index is 12.5. The number of aromatic nitrogens is 4. The van der Waals surface area contributed by atoms with E-state index in [0.29, 0.717) is 16.9 Å². The summed E-state index contributed by atoms with van der Waals surface area (Å²) in [6.07, 6.45) is -2.29. The van der Waals surface area contributed by atoms with Crippen molar-refractivity contribution in [2.45, 2.75) is 6.18 Å². The summed E-state index contributed by atoms with van der Waals surface area (Å²) in [5.41, 5.74) is -0.165. The fraction of sp³-hybridized carbons (Fsp3) is 0.0769. The number of hydrogen-bond donors (Lipinski definition) is 0. The lowest BCUT2D eigenvalue weighted by atomic mass is 10.2. The number of halogens is 4. The predicted molar refractivity (Wildman–Crippen MR) is 70.8 cm³/mol. The van der Waals surface area contributed by atoms with Crippen molar-refractivity contribution in [2.75, 3.05) is 0 Å². The molecule has 0 atom stereocenters. The van der Waals surface area contributed by atoms with E-state index in [1.807, 2.05) is 0 Å². The quantitative estimate of drug-likeness (QED) is 0.669. The third-order valence-corrected chi connectivity index (χ3v) is 2.93. The smallest absolute Gasteiger partial charge is 0.415 e. The highest BCUT2D eigenvalue weighted by molar-refractivity contribution is 6.29. The van der Waals surface area contributed by atoms with Crippen LogP contribution < -0.4 is 0 Å². The van der Waals surface area contributed by atoms with Crippen LogP contribution in [0.2, 0.25) is 5.15 Å². The molecule has 0 fully saturated rings. The SMILES string of the molecule is FC(F)(F)c1ccc(-c2nnc(-c3ccc(Cl)nc3)o2)nc1. The molecule has 3 rings (SSSR count). The summed E-state index contributed by atoms with van der Waals surface area (Å²) in [4.78, 5) is 7.56. The van der Waals surface area contributed by atoms with Gasteiger partial charge in [-0.1, -0.05) is 11.6 Å². The van der Waals surface area contributed by atoms with E-state index in [4.69, 9.17) is 16.0 Å². The monoisotopic (exact) mass is 326 g/mol. The van der Waals surface area contributed by atoms with Crippen molar-refractivity contribution >= 4 is 11.6 Å². The molecule has 0 saturated heterocycles. The maximum absolute atomic E-state index is 12.5. The Morgan fingerprint density at radius 2 is 1.68 bits per heavy atom. The van der Waals surface area contributed by atoms with E-state index >= 15 is 0 Å². The molecule has 0 aliphatic heterocycles. The van der Waals surface area contributed by atoms with Crippen LogP contribution in [0.5, 0.6) is 0 Å². The second kappa shape index (κ2) is 5.38. The predicted octanol–water partition coefficient (Wildman–Crippen LogP) is 3.87. The molecule has 3 heterocycles. The first-order valence-electron chi connectivity index (χ1n) is 5.92. The fourth-order valence-electron chi connectivity index (χ4n) is 1.63. The molecule has 112 valence electrons. The standard InChI is InChI=1S/C13H6ClF3N4O/c14-10-4-1-7(5-19-10)11-20-21-12(22-11)9-3-2-8(6-18-9)13(15,16)17/h1-6H. The Bertz CT molecular complexity index is 784. The molecule has 0 bridgehead atoms. The van der Waals surface area contributed by atoms with Gasteiger partial charge in [0, 0.05) is 12.4 Å². The van der Waals surface area contributed by atoms with Gasteiger partial charge in [-0.25, -0.2) is 4.98 Å². The lowest BCUT2D eigenvalue weighted by Crippen LogP contribution is -2.05. The second-order valence-corrected chi connectivity index (χ2v) is 4.60. The summed E-state index contributed by atoms with van der Waals surface area (Å²) in [6, 6.07) is 5.25. The number of alkyl halides is 3. The summed E-state index contributed by atoms with van der Waals surface area (Å²) < 4.78 is 42.8. The molecule has 0 spiro atoms. The van der Waals surface area contributed by atoms with E-state index < -0.39 is 11.7 Å². The Morgan fingerprint density at radius 3 is 2.27 bits per heavy atom. The summed E-state index contributed by atoms with van der Waals surface area (Å²) in [6.45, 7) is 0. The molecule has 0 aliphatic rings. The van der Waals surface area contributed by atoms with E-state index in [-0.39, 0.29) is 17.5 Å². The molecule has 3 aromatic rings. The summed E-state index contributed by atoms with van der Waals surface area (Å²) in [7, 11) is 0. The van der Waals surface area contributed by atoms with Crippen LogP contribution in [0, 0.1) is 0 Å². The van der Waals surface area contributed by atoms with Crippen LogP contribution >= 0.6 is 11.6 Å².